The molecule has 3 N–H and O–H groups in total. The molecule has 0 fully saturated rings. The van der Waals surface area contributed by atoms with Gasteiger partial charge < -0.3 is 10.7 Å². The maximum atomic E-state index is 6.09. The van der Waals surface area contributed by atoms with Crippen molar-refractivity contribution in [3.05, 3.63) is 46.4 Å². The second-order valence-electron chi connectivity index (χ2n) is 3.92. The van der Waals surface area contributed by atoms with Gasteiger partial charge in [0.25, 0.3) is 0 Å². The van der Waals surface area contributed by atoms with Crippen molar-refractivity contribution in [3.63, 3.8) is 0 Å². The van der Waals surface area contributed by atoms with E-state index in [-0.39, 0.29) is 0 Å². The number of para-hydroxylation sites is 2. The number of aromatic nitrogens is 2. The number of halogens is 2. The highest BCUT2D eigenvalue weighted by atomic mass is 35.5. The third-order valence-electron chi connectivity index (χ3n) is 2.77. The smallest absolute Gasteiger partial charge is 0.140 e. The van der Waals surface area contributed by atoms with Crippen LogP contribution in [0.5, 0.6) is 0 Å². The van der Waals surface area contributed by atoms with Crippen LogP contribution in [0.15, 0.2) is 36.4 Å². The van der Waals surface area contributed by atoms with Crippen molar-refractivity contribution < 1.29 is 0 Å². The molecule has 1 heterocycles. The van der Waals surface area contributed by atoms with Gasteiger partial charge in [0.15, 0.2) is 0 Å². The van der Waals surface area contributed by atoms with E-state index in [1.807, 2.05) is 24.3 Å². The molecule has 0 amide bonds. The second kappa shape index (κ2) is 4.19. The van der Waals surface area contributed by atoms with Crippen molar-refractivity contribution in [1.82, 2.24) is 9.97 Å². The zero-order valence-corrected chi connectivity index (χ0v) is 10.8. The Labute approximate surface area is 114 Å². The summed E-state index contributed by atoms with van der Waals surface area (Å²) in [5, 5.41) is 1.12. The standard InChI is InChI=1S/C13H9Cl2N3/c14-8-4-1-3-7(11(8)16)13-17-10-6-2-5-9(15)12(10)18-13/h1-6H,16H2,(H,17,18). The SMILES string of the molecule is Nc1c(Cl)cccc1-c1nc2c(Cl)cccc2[nH]1. The fourth-order valence-electron chi connectivity index (χ4n) is 1.87. The number of fused-ring (bicyclic) bond motifs is 1. The number of nitrogen functional groups attached to an aromatic ring is 1. The van der Waals surface area contributed by atoms with E-state index in [9.17, 15) is 0 Å². The van der Waals surface area contributed by atoms with Crippen LogP contribution in [0.3, 0.4) is 0 Å². The number of nitrogens with zero attached hydrogens (tertiary/aromatic N) is 1. The Hall–Kier alpha value is -1.71. The highest BCUT2D eigenvalue weighted by molar-refractivity contribution is 6.35. The van der Waals surface area contributed by atoms with Gasteiger partial charge in [0.1, 0.15) is 11.3 Å². The lowest BCUT2D eigenvalue weighted by Crippen LogP contribution is -1.92. The van der Waals surface area contributed by atoms with Gasteiger partial charge in [0.05, 0.1) is 21.2 Å². The van der Waals surface area contributed by atoms with Gasteiger partial charge in [-0.3, -0.25) is 0 Å². The summed E-state index contributed by atoms with van der Waals surface area (Å²) in [6.45, 7) is 0. The maximum absolute atomic E-state index is 6.09. The Morgan fingerprint density at radius 2 is 1.72 bits per heavy atom. The lowest BCUT2D eigenvalue weighted by Gasteiger charge is -2.03. The number of hydrogen-bond acceptors (Lipinski definition) is 2. The largest absolute Gasteiger partial charge is 0.397 e. The summed E-state index contributed by atoms with van der Waals surface area (Å²) in [5.41, 5.74) is 8.83. The molecule has 3 rings (SSSR count). The van der Waals surface area contributed by atoms with E-state index < -0.39 is 0 Å². The number of H-pyrrole nitrogens is 1. The Bertz CT molecular complexity index is 734. The molecule has 0 saturated heterocycles. The zero-order chi connectivity index (χ0) is 12.7. The minimum atomic E-state index is 0.509. The Morgan fingerprint density at radius 3 is 2.50 bits per heavy atom. The third kappa shape index (κ3) is 1.72. The van der Waals surface area contributed by atoms with Crippen molar-refractivity contribution in [2.75, 3.05) is 5.73 Å². The summed E-state index contributed by atoms with van der Waals surface area (Å²) < 4.78 is 0. The van der Waals surface area contributed by atoms with Gasteiger partial charge in [-0.2, -0.15) is 0 Å². The number of rotatable bonds is 1. The van der Waals surface area contributed by atoms with Gasteiger partial charge in [-0.05, 0) is 24.3 Å². The summed E-state index contributed by atoms with van der Waals surface area (Å²) in [6, 6.07) is 11.0. The van der Waals surface area contributed by atoms with Gasteiger partial charge in [-0.1, -0.05) is 35.3 Å². The number of nitrogens with one attached hydrogen (secondary N) is 1. The molecular weight excluding hydrogens is 269 g/mol. The predicted octanol–water partition coefficient (Wildman–Crippen LogP) is 4.12. The van der Waals surface area contributed by atoms with Crippen molar-refractivity contribution in [2.24, 2.45) is 0 Å². The van der Waals surface area contributed by atoms with Gasteiger partial charge >= 0.3 is 0 Å². The van der Waals surface area contributed by atoms with Crippen LogP contribution < -0.4 is 5.73 Å². The molecule has 0 spiro atoms. The molecule has 3 nitrogen and oxygen atoms in total. The minimum Gasteiger partial charge on any atom is -0.397 e. The maximum Gasteiger partial charge on any atom is 0.140 e. The van der Waals surface area contributed by atoms with E-state index in [1.165, 1.54) is 0 Å². The molecule has 3 aromatic rings. The number of benzene rings is 2. The number of nitrogens with two attached hydrogens (primary N) is 1. The fraction of sp³-hybridized carbons (Fsp3) is 0. The molecule has 0 radical (unpaired) electrons. The molecule has 0 aliphatic rings. The molecule has 0 unspecified atom stereocenters. The average Bonchev–Trinajstić information content (AvgIpc) is 2.78. The first-order valence-corrected chi connectivity index (χ1v) is 6.11. The molecule has 0 bridgehead atoms. The Balaban J connectivity index is 2.26. The van der Waals surface area contributed by atoms with E-state index in [1.54, 1.807) is 12.1 Å². The van der Waals surface area contributed by atoms with Gasteiger partial charge in [0.2, 0.25) is 0 Å². The molecule has 0 aliphatic heterocycles. The molecule has 0 atom stereocenters. The molecule has 5 heteroatoms. The molecule has 18 heavy (non-hydrogen) atoms. The first-order valence-electron chi connectivity index (χ1n) is 5.35. The van der Waals surface area contributed by atoms with Crippen molar-refractivity contribution in [3.8, 4) is 11.4 Å². The zero-order valence-electron chi connectivity index (χ0n) is 9.24. The summed E-state index contributed by atoms with van der Waals surface area (Å²) >= 11 is 12.1. The van der Waals surface area contributed by atoms with Crippen LogP contribution >= 0.6 is 23.2 Å². The summed E-state index contributed by atoms with van der Waals surface area (Å²) in [5.74, 6) is 0.665. The van der Waals surface area contributed by atoms with Crippen molar-refractivity contribution in [1.29, 1.82) is 0 Å². The average molecular weight is 278 g/mol. The molecule has 90 valence electrons. The van der Waals surface area contributed by atoms with E-state index in [2.05, 4.69) is 9.97 Å². The van der Waals surface area contributed by atoms with Crippen molar-refractivity contribution >= 4 is 39.9 Å². The van der Waals surface area contributed by atoms with E-state index in [0.717, 1.165) is 16.6 Å². The minimum absolute atomic E-state index is 0.509. The first kappa shape index (κ1) is 11.4. The summed E-state index contributed by atoms with van der Waals surface area (Å²) in [7, 11) is 0. The topological polar surface area (TPSA) is 54.7 Å². The molecule has 2 aromatic carbocycles. The van der Waals surface area contributed by atoms with Crippen LogP contribution in [0.25, 0.3) is 22.4 Å². The number of aromatic amines is 1. The highest BCUT2D eigenvalue weighted by Gasteiger charge is 2.11. The number of anilines is 1. The Morgan fingerprint density at radius 1 is 1.00 bits per heavy atom. The van der Waals surface area contributed by atoms with Crippen LogP contribution in [-0.2, 0) is 0 Å². The molecule has 0 aliphatic carbocycles. The monoisotopic (exact) mass is 277 g/mol. The van der Waals surface area contributed by atoms with Crippen LogP contribution in [0.1, 0.15) is 0 Å². The Kier molecular flexibility index (Phi) is 2.65. The van der Waals surface area contributed by atoms with E-state index in [4.69, 9.17) is 28.9 Å². The normalized spacial score (nSPS) is 11.0. The molecule has 0 saturated carbocycles. The van der Waals surface area contributed by atoms with Crippen LogP contribution in [-0.4, -0.2) is 9.97 Å². The van der Waals surface area contributed by atoms with Crippen LogP contribution in [0.4, 0.5) is 5.69 Å². The lowest BCUT2D eigenvalue weighted by atomic mass is 10.2. The quantitative estimate of drug-likeness (QED) is 0.658. The highest BCUT2D eigenvalue weighted by Crippen LogP contribution is 2.32. The van der Waals surface area contributed by atoms with Gasteiger partial charge in [0, 0.05) is 5.56 Å². The van der Waals surface area contributed by atoms with Gasteiger partial charge in [-0.25, -0.2) is 4.98 Å². The second-order valence-corrected chi connectivity index (χ2v) is 4.74. The van der Waals surface area contributed by atoms with Gasteiger partial charge in [-0.15, -0.1) is 0 Å². The van der Waals surface area contributed by atoms with E-state index in [0.29, 0.717) is 21.6 Å². The number of imidazole rings is 1. The van der Waals surface area contributed by atoms with Crippen LogP contribution in [0.2, 0.25) is 10.0 Å². The third-order valence-corrected chi connectivity index (χ3v) is 3.41. The molecule has 1 aromatic heterocycles. The lowest BCUT2D eigenvalue weighted by molar-refractivity contribution is 1.34. The first-order chi connectivity index (χ1) is 8.66. The predicted molar refractivity (Wildman–Crippen MR) is 76.0 cm³/mol. The summed E-state index contributed by atoms with van der Waals surface area (Å²) in [6.07, 6.45) is 0. The van der Waals surface area contributed by atoms with Crippen molar-refractivity contribution in [2.45, 2.75) is 0 Å². The van der Waals surface area contributed by atoms with Crippen LogP contribution in [0, 0.1) is 0 Å². The fourth-order valence-corrected chi connectivity index (χ4v) is 2.26. The summed E-state index contributed by atoms with van der Waals surface area (Å²) in [4.78, 5) is 7.64. The van der Waals surface area contributed by atoms with E-state index >= 15 is 0 Å². The number of hydrogen-bond donors (Lipinski definition) is 2. The molecular formula is C13H9Cl2N3.